The molecule has 15 heavy (non-hydrogen) atoms. The molecule has 0 atom stereocenters. The first-order valence-electron chi connectivity index (χ1n) is 5.44. The zero-order valence-electron chi connectivity index (χ0n) is 9.41. The average molecular weight is 218 g/mol. The van der Waals surface area contributed by atoms with Gasteiger partial charge in [0, 0.05) is 0 Å². The third-order valence-corrected chi connectivity index (χ3v) is 2.22. The van der Waals surface area contributed by atoms with Gasteiger partial charge in [-0.2, -0.15) is 0 Å². The molecule has 0 aliphatic rings. The number of hydrogen-bond acceptors (Lipinski definition) is 6. The Morgan fingerprint density at radius 2 is 0.733 bits per heavy atom. The summed E-state index contributed by atoms with van der Waals surface area (Å²) < 4.78 is 0. The summed E-state index contributed by atoms with van der Waals surface area (Å²) in [6, 6.07) is 0. The summed E-state index contributed by atoms with van der Waals surface area (Å²) in [5.41, 5.74) is 32.6. The molecule has 0 bridgehead atoms. The maximum Gasteiger partial charge on any atom is 0.115 e. The van der Waals surface area contributed by atoms with E-state index in [1.165, 1.54) is 0 Å². The van der Waals surface area contributed by atoms with Gasteiger partial charge >= 0.3 is 0 Å². The molecule has 12 N–H and O–H groups in total. The maximum absolute atomic E-state index is 5.44. The van der Waals surface area contributed by atoms with Crippen LogP contribution < -0.4 is 34.4 Å². The van der Waals surface area contributed by atoms with Gasteiger partial charge in [0.2, 0.25) is 0 Å². The highest BCUT2D eigenvalue weighted by molar-refractivity contribution is 4.68. The van der Waals surface area contributed by atoms with Crippen LogP contribution in [0.2, 0.25) is 0 Å². The van der Waals surface area contributed by atoms with Crippen LogP contribution in [0.1, 0.15) is 44.9 Å². The number of rotatable bonds is 8. The Labute approximate surface area is 91.7 Å². The Morgan fingerprint density at radius 3 is 1.00 bits per heavy atom. The van der Waals surface area contributed by atoms with E-state index in [2.05, 4.69) is 0 Å². The SMILES string of the molecule is NC(N)(N)CCCCCCCC(N)(N)N. The van der Waals surface area contributed by atoms with Crippen LogP contribution in [0.25, 0.3) is 0 Å². The van der Waals surface area contributed by atoms with Gasteiger partial charge in [-0.15, -0.1) is 0 Å². The number of hydrogen-bond donors (Lipinski definition) is 6. The highest BCUT2D eigenvalue weighted by Crippen LogP contribution is 2.09. The van der Waals surface area contributed by atoms with E-state index in [0.717, 1.165) is 32.1 Å². The lowest BCUT2D eigenvalue weighted by Gasteiger charge is -2.18. The molecule has 6 heteroatoms. The van der Waals surface area contributed by atoms with Crippen molar-refractivity contribution < 1.29 is 0 Å². The molecule has 0 spiro atoms. The summed E-state index contributed by atoms with van der Waals surface area (Å²) in [6.07, 6.45) is 6.42. The van der Waals surface area contributed by atoms with Gasteiger partial charge in [0.25, 0.3) is 0 Å². The van der Waals surface area contributed by atoms with Gasteiger partial charge in [-0.3, -0.25) is 0 Å². The van der Waals surface area contributed by atoms with Crippen molar-refractivity contribution in [2.45, 2.75) is 56.5 Å². The second-order valence-electron chi connectivity index (χ2n) is 4.49. The molecule has 0 aromatic rings. The van der Waals surface area contributed by atoms with Crippen molar-refractivity contribution in [2.24, 2.45) is 34.4 Å². The maximum atomic E-state index is 5.44. The molecule has 0 aromatic carbocycles. The van der Waals surface area contributed by atoms with Crippen LogP contribution >= 0.6 is 0 Å². The molecule has 0 aliphatic heterocycles. The van der Waals surface area contributed by atoms with Crippen LogP contribution in [0.15, 0.2) is 0 Å². The summed E-state index contributed by atoms with van der Waals surface area (Å²) in [6.45, 7) is 0. The standard InChI is InChI=1S/C9H26N6/c10-8(11,12)6-4-2-1-3-5-7-9(13,14)15/h1-7,10-15H2. The summed E-state index contributed by atoms with van der Waals surface area (Å²) in [4.78, 5) is 0. The first-order valence-corrected chi connectivity index (χ1v) is 5.44. The van der Waals surface area contributed by atoms with Crippen molar-refractivity contribution in [1.29, 1.82) is 0 Å². The number of unbranched alkanes of at least 4 members (excludes halogenated alkanes) is 4. The van der Waals surface area contributed by atoms with E-state index >= 15 is 0 Å². The van der Waals surface area contributed by atoms with Gasteiger partial charge in [-0.25, -0.2) is 0 Å². The molecule has 0 aliphatic carbocycles. The van der Waals surface area contributed by atoms with Crippen LogP contribution in [0, 0.1) is 0 Å². The number of nitrogens with two attached hydrogens (primary N) is 6. The van der Waals surface area contributed by atoms with E-state index in [1.807, 2.05) is 0 Å². The molecule has 6 nitrogen and oxygen atoms in total. The van der Waals surface area contributed by atoms with E-state index in [0.29, 0.717) is 12.8 Å². The predicted molar refractivity (Wildman–Crippen MR) is 62.9 cm³/mol. The van der Waals surface area contributed by atoms with E-state index in [4.69, 9.17) is 34.4 Å². The molecule has 0 saturated heterocycles. The minimum atomic E-state index is -1.03. The monoisotopic (exact) mass is 218 g/mol. The lowest BCUT2D eigenvalue weighted by Crippen LogP contribution is -2.57. The Bertz CT molecular complexity index is 139. The zero-order chi connectivity index (χ0) is 11.9. The van der Waals surface area contributed by atoms with Crippen LogP contribution in [-0.2, 0) is 0 Å². The fourth-order valence-corrected chi connectivity index (χ4v) is 1.39. The third-order valence-electron chi connectivity index (χ3n) is 2.22. The summed E-state index contributed by atoms with van der Waals surface area (Å²) in [5, 5.41) is 0. The zero-order valence-corrected chi connectivity index (χ0v) is 9.41. The molecule has 0 radical (unpaired) electrons. The third kappa shape index (κ3) is 13.8. The largest absolute Gasteiger partial charge is 0.301 e. The minimum absolute atomic E-state index is 0.640. The van der Waals surface area contributed by atoms with Crippen molar-refractivity contribution >= 4 is 0 Å². The molecule has 0 rings (SSSR count). The quantitative estimate of drug-likeness (QED) is 0.221. The van der Waals surface area contributed by atoms with E-state index < -0.39 is 11.6 Å². The van der Waals surface area contributed by atoms with Gasteiger partial charge < -0.3 is 34.4 Å². The highest BCUT2D eigenvalue weighted by Gasteiger charge is 2.11. The highest BCUT2D eigenvalue weighted by atomic mass is 15.1. The fourth-order valence-electron chi connectivity index (χ4n) is 1.39. The fraction of sp³-hybridized carbons (Fsp3) is 1.00. The molecule has 0 heterocycles. The molecule has 0 amide bonds. The second-order valence-corrected chi connectivity index (χ2v) is 4.49. The van der Waals surface area contributed by atoms with E-state index in [1.54, 1.807) is 0 Å². The van der Waals surface area contributed by atoms with E-state index in [-0.39, 0.29) is 0 Å². The average Bonchev–Trinajstić information content (AvgIpc) is 1.98. The molecule has 0 aromatic heterocycles. The van der Waals surface area contributed by atoms with Crippen molar-refractivity contribution in [1.82, 2.24) is 0 Å². The lowest BCUT2D eigenvalue weighted by atomic mass is 10.1. The van der Waals surface area contributed by atoms with Gasteiger partial charge in [0.15, 0.2) is 0 Å². The Hall–Kier alpha value is -0.240. The van der Waals surface area contributed by atoms with Crippen LogP contribution in [0.4, 0.5) is 0 Å². The van der Waals surface area contributed by atoms with Gasteiger partial charge in [-0.1, -0.05) is 19.3 Å². The van der Waals surface area contributed by atoms with Gasteiger partial charge in [0.1, 0.15) is 11.6 Å². The van der Waals surface area contributed by atoms with Gasteiger partial charge in [0.05, 0.1) is 0 Å². The molecular weight excluding hydrogens is 192 g/mol. The van der Waals surface area contributed by atoms with E-state index in [9.17, 15) is 0 Å². The molecule has 0 unspecified atom stereocenters. The molecule has 92 valence electrons. The van der Waals surface area contributed by atoms with Gasteiger partial charge in [-0.05, 0) is 25.7 Å². The smallest absolute Gasteiger partial charge is 0.115 e. The Morgan fingerprint density at radius 1 is 0.467 bits per heavy atom. The topological polar surface area (TPSA) is 156 Å². The molecule has 0 fully saturated rings. The first kappa shape index (κ1) is 14.8. The lowest BCUT2D eigenvalue weighted by molar-refractivity contribution is 0.385. The summed E-state index contributed by atoms with van der Waals surface area (Å²) in [7, 11) is 0. The van der Waals surface area contributed by atoms with Crippen molar-refractivity contribution in [3.8, 4) is 0 Å². The van der Waals surface area contributed by atoms with Crippen molar-refractivity contribution in [2.75, 3.05) is 0 Å². The summed E-state index contributed by atoms with van der Waals surface area (Å²) >= 11 is 0. The van der Waals surface area contributed by atoms with Crippen LogP contribution in [-0.4, -0.2) is 11.6 Å². The Balaban J connectivity index is 3.20. The predicted octanol–water partition coefficient (Wildman–Crippen LogP) is -1.22. The minimum Gasteiger partial charge on any atom is -0.301 e. The summed E-state index contributed by atoms with van der Waals surface area (Å²) in [5.74, 6) is -2.05. The molecular formula is C9H26N6. The Kier molecular flexibility index (Phi) is 6.26. The first-order chi connectivity index (χ1) is 6.71. The van der Waals surface area contributed by atoms with Crippen LogP contribution in [0.5, 0.6) is 0 Å². The van der Waals surface area contributed by atoms with Crippen LogP contribution in [0.3, 0.4) is 0 Å². The van der Waals surface area contributed by atoms with Crippen molar-refractivity contribution in [3.05, 3.63) is 0 Å². The second kappa shape index (κ2) is 6.37. The van der Waals surface area contributed by atoms with Crippen molar-refractivity contribution in [3.63, 3.8) is 0 Å². The normalized spacial score (nSPS) is 13.2. The molecule has 0 saturated carbocycles.